The first-order chi connectivity index (χ1) is 6.64. The molecule has 6 N–H and O–H groups in total. The molecule has 15 heavy (non-hydrogen) atoms. The Morgan fingerprint density at radius 1 is 1.13 bits per heavy atom. The molecule has 0 heterocycles. The zero-order valence-electron chi connectivity index (χ0n) is 8.42. The zero-order chi connectivity index (χ0) is 12.3. The summed E-state index contributed by atoms with van der Waals surface area (Å²) in [5.41, 5.74) is 3.90. The highest BCUT2D eigenvalue weighted by molar-refractivity contribution is 7.87. The number of aliphatic hydroxyl groups excluding tert-OH is 3. The molecule has 92 valence electrons. The minimum Gasteiger partial charge on any atom is -0.396 e. The van der Waals surface area contributed by atoms with Crippen molar-refractivity contribution in [3.05, 3.63) is 0 Å². The van der Waals surface area contributed by atoms with Crippen molar-refractivity contribution in [3.63, 3.8) is 0 Å². The fourth-order valence-corrected chi connectivity index (χ4v) is 1.64. The lowest BCUT2D eigenvalue weighted by atomic mass is 9.84. The molecule has 0 bridgehead atoms. The maximum Gasteiger partial charge on any atom is 0.283 e. The van der Waals surface area contributed by atoms with E-state index in [0.29, 0.717) is 0 Å². The summed E-state index contributed by atoms with van der Waals surface area (Å²) in [5.74, 6) is 0. The highest BCUT2D eigenvalue weighted by Crippen LogP contribution is 2.29. The van der Waals surface area contributed by atoms with E-state index >= 15 is 0 Å². The summed E-state index contributed by atoms with van der Waals surface area (Å²) in [7, 11) is -4.52. The van der Waals surface area contributed by atoms with Gasteiger partial charge in [-0.1, -0.05) is 0 Å². The largest absolute Gasteiger partial charge is 0.396 e. The molecule has 1 atom stereocenters. The van der Waals surface area contributed by atoms with E-state index in [2.05, 4.69) is 0 Å². The van der Waals surface area contributed by atoms with E-state index in [0.717, 1.165) is 6.92 Å². The molecule has 0 aromatic carbocycles. The Hall–Kier alpha value is -0.250. The van der Waals surface area contributed by atoms with Crippen molar-refractivity contribution >= 4 is 10.1 Å². The lowest BCUT2D eigenvalue weighted by molar-refractivity contribution is -0.00777. The Bertz CT molecular complexity index is 286. The van der Waals surface area contributed by atoms with Gasteiger partial charge in [0, 0.05) is 5.41 Å². The predicted molar refractivity (Wildman–Crippen MR) is 52.4 cm³/mol. The Balaban J connectivity index is 4.99. The van der Waals surface area contributed by atoms with Crippen molar-refractivity contribution < 1.29 is 28.3 Å². The smallest absolute Gasteiger partial charge is 0.283 e. The summed E-state index contributed by atoms with van der Waals surface area (Å²) < 4.78 is 30.5. The first kappa shape index (κ1) is 14.8. The van der Waals surface area contributed by atoms with Gasteiger partial charge in [-0.05, 0) is 13.3 Å². The average Bonchev–Trinajstić information content (AvgIpc) is 2.12. The minimum atomic E-state index is -4.52. The quantitative estimate of drug-likeness (QED) is 0.336. The van der Waals surface area contributed by atoms with Crippen molar-refractivity contribution in [2.24, 2.45) is 11.1 Å². The predicted octanol–water partition coefficient (Wildman–Crippen LogP) is -2.10. The highest BCUT2D eigenvalue weighted by Gasteiger charge is 2.42. The third-order valence-corrected chi connectivity index (χ3v) is 3.64. The monoisotopic (exact) mass is 243 g/mol. The van der Waals surface area contributed by atoms with Crippen LogP contribution in [0, 0.1) is 5.41 Å². The van der Waals surface area contributed by atoms with Crippen LogP contribution in [0.15, 0.2) is 0 Å². The van der Waals surface area contributed by atoms with Crippen LogP contribution in [0.5, 0.6) is 0 Å². The first-order valence-electron chi connectivity index (χ1n) is 4.23. The summed E-state index contributed by atoms with van der Waals surface area (Å²) >= 11 is 0. The Morgan fingerprint density at radius 2 is 1.47 bits per heavy atom. The van der Waals surface area contributed by atoms with Crippen LogP contribution in [0.4, 0.5) is 0 Å². The van der Waals surface area contributed by atoms with Crippen molar-refractivity contribution in [1.82, 2.24) is 0 Å². The summed E-state index contributed by atoms with van der Waals surface area (Å²) in [4.78, 5) is -2.03. The second-order valence-electron chi connectivity index (χ2n) is 3.94. The fraction of sp³-hybridized carbons (Fsp3) is 1.00. The van der Waals surface area contributed by atoms with Crippen LogP contribution < -0.4 is 5.73 Å². The van der Waals surface area contributed by atoms with Gasteiger partial charge in [0.2, 0.25) is 0 Å². The number of rotatable bonds is 6. The average molecular weight is 243 g/mol. The number of aliphatic hydroxyl groups is 3. The van der Waals surface area contributed by atoms with Gasteiger partial charge in [0.1, 0.15) is 4.87 Å². The molecule has 0 saturated carbocycles. The summed E-state index contributed by atoms with van der Waals surface area (Å²) in [6, 6.07) is 0. The molecule has 0 aliphatic heterocycles. The van der Waals surface area contributed by atoms with Crippen LogP contribution in [-0.4, -0.2) is 53.0 Å². The van der Waals surface area contributed by atoms with Crippen LogP contribution >= 0.6 is 0 Å². The second-order valence-corrected chi connectivity index (χ2v) is 5.82. The van der Waals surface area contributed by atoms with Crippen LogP contribution in [0.3, 0.4) is 0 Å². The van der Waals surface area contributed by atoms with Gasteiger partial charge in [0.05, 0.1) is 19.8 Å². The van der Waals surface area contributed by atoms with Gasteiger partial charge in [-0.3, -0.25) is 4.55 Å². The van der Waals surface area contributed by atoms with Crippen LogP contribution in [0.2, 0.25) is 0 Å². The first-order valence-corrected chi connectivity index (χ1v) is 5.67. The number of nitrogens with two attached hydrogens (primary N) is 1. The van der Waals surface area contributed by atoms with Gasteiger partial charge in [0.15, 0.2) is 0 Å². The van der Waals surface area contributed by atoms with Gasteiger partial charge in [-0.15, -0.1) is 0 Å². The SMILES string of the molecule is CC(N)(CC(CO)(CO)CO)S(=O)(=O)O. The van der Waals surface area contributed by atoms with Crippen molar-refractivity contribution in [3.8, 4) is 0 Å². The summed E-state index contributed by atoms with van der Waals surface area (Å²) in [6.07, 6.45) is -0.456. The highest BCUT2D eigenvalue weighted by atomic mass is 32.2. The third kappa shape index (κ3) is 3.37. The van der Waals surface area contributed by atoms with Gasteiger partial charge in [-0.2, -0.15) is 8.42 Å². The molecule has 0 aromatic heterocycles. The van der Waals surface area contributed by atoms with Gasteiger partial charge in [-0.25, -0.2) is 0 Å². The van der Waals surface area contributed by atoms with Crippen LogP contribution in [-0.2, 0) is 10.1 Å². The molecule has 0 rings (SSSR count). The molecule has 0 aliphatic carbocycles. The van der Waals surface area contributed by atoms with Gasteiger partial charge in [0.25, 0.3) is 10.1 Å². The zero-order valence-corrected chi connectivity index (χ0v) is 9.24. The molecule has 0 fully saturated rings. The summed E-state index contributed by atoms with van der Waals surface area (Å²) in [6.45, 7) is -0.870. The Kier molecular flexibility index (Phi) is 4.65. The molecule has 0 aliphatic rings. The molecule has 1 unspecified atom stereocenters. The molecule has 0 spiro atoms. The van der Waals surface area contributed by atoms with E-state index in [9.17, 15) is 8.42 Å². The number of hydrogen-bond donors (Lipinski definition) is 5. The lowest BCUT2D eigenvalue weighted by Crippen LogP contribution is -2.51. The van der Waals surface area contributed by atoms with Crippen molar-refractivity contribution in [2.75, 3.05) is 19.8 Å². The molecule has 0 amide bonds. The molecule has 7 nitrogen and oxygen atoms in total. The maximum atomic E-state index is 10.9. The van der Waals surface area contributed by atoms with Crippen LogP contribution in [0.1, 0.15) is 13.3 Å². The molecule has 8 heteroatoms. The minimum absolute atomic E-state index is 0.456. The Morgan fingerprint density at radius 3 is 1.67 bits per heavy atom. The van der Waals surface area contributed by atoms with E-state index < -0.39 is 46.6 Å². The molecular formula is C7H17NO6S. The van der Waals surface area contributed by atoms with E-state index in [4.69, 9.17) is 25.6 Å². The van der Waals surface area contributed by atoms with Crippen molar-refractivity contribution in [1.29, 1.82) is 0 Å². The summed E-state index contributed by atoms with van der Waals surface area (Å²) in [5, 5.41) is 26.9. The Labute approximate surface area is 88.3 Å². The van der Waals surface area contributed by atoms with Gasteiger partial charge >= 0.3 is 0 Å². The van der Waals surface area contributed by atoms with E-state index in [1.54, 1.807) is 0 Å². The van der Waals surface area contributed by atoms with Gasteiger partial charge < -0.3 is 21.1 Å². The standard InChI is InChI=1S/C7H17NO6S/c1-6(8,15(12,13)14)2-7(3-9,4-10)5-11/h9-11H,2-5,8H2,1H3,(H,12,13,14). The topological polar surface area (TPSA) is 141 Å². The lowest BCUT2D eigenvalue weighted by Gasteiger charge is -2.34. The molecule has 0 aromatic rings. The van der Waals surface area contributed by atoms with Crippen molar-refractivity contribution in [2.45, 2.75) is 18.2 Å². The second kappa shape index (κ2) is 4.73. The normalized spacial score (nSPS) is 17.5. The third-order valence-electron chi connectivity index (χ3n) is 2.32. The molecular weight excluding hydrogens is 226 g/mol. The van der Waals surface area contributed by atoms with E-state index in [1.807, 2.05) is 0 Å². The maximum absolute atomic E-state index is 10.9. The van der Waals surface area contributed by atoms with E-state index in [-0.39, 0.29) is 0 Å². The van der Waals surface area contributed by atoms with E-state index in [1.165, 1.54) is 0 Å². The molecule has 0 radical (unpaired) electrons. The molecule has 0 saturated heterocycles. The fourth-order valence-electron chi connectivity index (χ4n) is 1.15. The van der Waals surface area contributed by atoms with Crippen LogP contribution in [0.25, 0.3) is 0 Å². The number of hydrogen-bond acceptors (Lipinski definition) is 6.